The minimum Gasteiger partial charge on any atom is -0.480 e. The smallest absolute Gasteiger partial charge is 0.326 e. The van der Waals surface area contributed by atoms with Gasteiger partial charge in [0.15, 0.2) is 0 Å². The molecule has 1 aliphatic rings. The lowest BCUT2D eigenvalue weighted by atomic mass is 9.96. The number of carbonyl (C=O) groups excluding carboxylic acids is 1. The van der Waals surface area contributed by atoms with Gasteiger partial charge < -0.3 is 20.4 Å². The van der Waals surface area contributed by atoms with E-state index in [1.54, 1.807) is 4.90 Å². The van der Waals surface area contributed by atoms with Crippen molar-refractivity contribution in [2.45, 2.75) is 51.5 Å². The highest BCUT2D eigenvalue weighted by Crippen LogP contribution is 2.21. The van der Waals surface area contributed by atoms with Gasteiger partial charge in [0.2, 0.25) is 0 Å². The van der Waals surface area contributed by atoms with E-state index < -0.39 is 12.0 Å². The van der Waals surface area contributed by atoms with E-state index in [0.29, 0.717) is 19.0 Å². The zero-order chi connectivity index (χ0) is 15.0. The molecule has 2 amide bonds. The molecule has 1 fully saturated rings. The summed E-state index contributed by atoms with van der Waals surface area (Å²) in [5.41, 5.74) is 0. The second-order valence-corrected chi connectivity index (χ2v) is 5.43. The molecule has 0 aromatic carbocycles. The highest BCUT2D eigenvalue weighted by atomic mass is 16.4. The van der Waals surface area contributed by atoms with Crippen LogP contribution in [0.4, 0.5) is 4.79 Å². The molecule has 1 unspecified atom stereocenters. The molecule has 6 nitrogen and oxygen atoms in total. The Bertz CT molecular complexity index is 322. The number of rotatable bonds is 6. The molecule has 2 atom stereocenters. The maximum atomic E-state index is 12.1. The van der Waals surface area contributed by atoms with Gasteiger partial charge in [0.05, 0.1) is 0 Å². The lowest BCUT2D eigenvalue weighted by Crippen LogP contribution is -2.48. The Morgan fingerprint density at radius 3 is 2.70 bits per heavy atom. The second kappa shape index (κ2) is 8.79. The lowest BCUT2D eigenvalue weighted by molar-refractivity contribution is -0.139. The van der Waals surface area contributed by atoms with Crippen LogP contribution < -0.4 is 5.32 Å². The zero-order valence-corrected chi connectivity index (χ0v) is 12.2. The zero-order valence-electron chi connectivity index (χ0n) is 12.2. The van der Waals surface area contributed by atoms with Gasteiger partial charge in [-0.05, 0) is 25.2 Å². The highest BCUT2D eigenvalue weighted by molar-refractivity contribution is 5.82. The molecule has 1 rings (SSSR count). The van der Waals surface area contributed by atoms with Crippen molar-refractivity contribution in [2.24, 2.45) is 5.92 Å². The normalized spacial score (nSPS) is 21.1. The summed E-state index contributed by atoms with van der Waals surface area (Å²) in [6.07, 6.45) is 5.48. The van der Waals surface area contributed by atoms with Crippen molar-refractivity contribution in [1.29, 1.82) is 0 Å². The third kappa shape index (κ3) is 5.36. The summed E-state index contributed by atoms with van der Waals surface area (Å²) >= 11 is 0. The van der Waals surface area contributed by atoms with Crippen molar-refractivity contribution in [2.75, 3.05) is 19.7 Å². The first-order chi connectivity index (χ1) is 9.58. The molecule has 6 heteroatoms. The molecule has 0 saturated carbocycles. The number of nitrogens with zero attached hydrogens (tertiary/aromatic N) is 1. The van der Waals surface area contributed by atoms with Gasteiger partial charge in [0.25, 0.3) is 0 Å². The van der Waals surface area contributed by atoms with Gasteiger partial charge in [0, 0.05) is 26.1 Å². The molecule has 3 N–H and O–H groups in total. The first kappa shape index (κ1) is 16.8. The topological polar surface area (TPSA) is 89.9 Å². The number of amides is 2. The molecule has 1 aliphatic heterocycles. The number of aliphatic hydroxyl groups excluding tert-OH is 1. The van der Waals surface area contributed by atoms with Crippen LogP contribution in [0.5, 0.6) is 0 Å². The number of aliphatic carboxylic acids is 1. The summed E-state index contributed by atoms with van der Waals surface area (Å²) in [7, 11) is 0. The molecule has 0 aromatic rings. The monoisotopic (exact) mass is 286 g/mol. The van der Waals surface area contributed by atoms with Gasteiger partial charge in [-0.3, -0.25) is 0 Å². The maximum Gasteiger partial charge on any atom is 0.326 e. The Balaban J connectivity index is 2.48. The number of hydrogen-bond acceptors (Lipinski definition) is 3. The molecule has 0 aromatic heterocycles. The summed E-state index contributed by atoms with van der Waals surface area (Å²) in [6.45, 7) is 3.27. The van der Waals surface area contributed by atoms with Crippen LogP contribution in [0.3, 0.4) is 0 Å². The number of carbonyl (C=O) groups is 2. The van der Waals surface area contributed by atoms with E-state index in [0.717, 1.165) is 25.7 Å². The van der Waals surface area contributed by atoms with Gasteiger partial charge >= 0.3 is 12.0 Å². The maximum absolute atomic E-state index is 12.1. The Morgan fingerprint density at radius 2 is 2.10 bits per heavy atom. The van der Waals surface area contributed by atoms with Gasteiger partial charge in [-0.15, -0.1) is 0 Å². The van der Waals surface area contributed by atoms with Crippen molar-refractivity contribution in [3.05, 3.63) is 0 Å². The Hall–Kier alpha value is -1.30. The first-order valence-corrected chi connectivity index (χ1v) is 7.47. The highest BCUT2D eigenvalue weighted by Gasteiger charge is 2.24. The van der Waals surface area contributed by atoms with E-state index in [2.05, 4.69) is 12.2 Å². The van der Waals surface area contributed by atoms with Crippen LogP contribution in [-0.4, -0.2) is 52.9 Å². The van der Waals surface area contributed by atoms with E-state index >= 15 is 0 Å². The molecule has 116 valence electrons. The van der Waals surface area contributed by atoms with Gasteiger partial charge in [-0.2, -0.15) is 0 Å². The van der Waals surface area contributed by atoms with Crippen molar-refractivity contribution >= 4 is 12.0 Å². The number of aliphatic hydroxyl groups is 1. The first-order valence-electron chi connectivity index (χ1n) is 7.47. The third-order valence-corrected chi connectivity index (χ3v) is 3.85. The Kier molecular flexibility index (Phi) is 7.36. The molecule has 1 heterocycles. The van der Waals surface area contributed by atoms with Gasteiger partial charge in [-0.1, -0.05) is 19.8 Å². The van der Waals surface area contributed by atoms with E-state index in [1.807, 2.05) is 0 Å². The van der Waals surface area contributed by atoms with Crippen LogP contribution in [0, 0.1) is 5.92 Å². The van der Waals surface area contributed by atoms with Crippen LogP contribution in [0.15, 0.2) is 0 Å². The average Bonchev–Trinajstić information content (AvgIpc) is 2.64. The third-order valence-electron chi connectivity index (χ3n) is 3.85. The molecule has 1 saturated heterocycles. The summed E-state index contributed by atoms with van der Waals surface area (Å²) in [5, 5.41) is 20.3. The number of urea groups is 1. The van der Waals surface area contributed by atoms with Crippen LogP contribution >= 0.6 is 0 Å². The van der Waals surface area contributed by atoms with Crippen LogP contribution in [0.25, 0.3) is 0 Å². The SMILES string of the molecule is CCCC1CCCN(C(=O)N[C@H](CCO)C(=O)O)CC1. The van der Waals surface area contributed by atoms with E-state index in [1.165, 1.54) is 6.42 Å². The number of carboxylic acids is 1. The van der Waals surface area contributed by atoms with Gasteiger partial charge in [0.1, 0.15) is 6.04 Å². The standard InChI is InChI=1S/C14H26N2O4/c1-2-4-11-5-3-8-16(9-6-11)14(20)15-12(7-10-17)13(18)19/h11-12,17H,2-10H2,1H3,(H,15,20)(H,18,19)/t11?,12-/m1/s1. The minimum atomic E-state index is -1.11. The van der Waals surface area contributed by atoms with Crippen LogP contribution in [0.1, 0.15) is 45.4 Å². The average molecular weight is 286 g/mol. The quantitative estimate of drug-likeness (QED) is 0.689. The fourth-order valence-corrected chi connectivity index (χ4v) is 2.69. The summed E-state index contributed by atoms with van der Waals surface area (Å²) in [4.78, 5) is 24.7. The van der Waals surface area contributed by atoms with Gasteiger partial charge in [-0.25, -0.2) is 9.59 Å². The molecular weight excluding hydrogens is 260 g/mol. The van der Waals surface area contributed by atoms with E-state index in [4.69, 9.17) is 10.2 Å². The summed E-state index contributed by atoms with van der Waals surface area (Å²) in [5.74, 6) is -0.434. The molecular formula is C14H26N2O4. The fourth-order valence-electron chi connectivity index (χ4n) is 2.69. The van der Waals surface area contributed by atoms with Crippen LogP contribution in [-0.2, 0) is 4.79 Å². The molecule has 0 spiro atoms. The lowest BCUT2D eigenvalue weighted by Gasteiger charge is -2.23. The Morgan fingerprint density at radius 1 is 1.35 bits per heavy atom. The summed E-state index contributed by atoms with van der Waals surface area (Å²) in [6, 6.07) is -1.34. The van der Waals surface area contributed by atoms with E-state index in [-0.39, 0.29) is 19.1 Å². The molecule has 0 aliphatic carbocycles. The number of hydrogen-bond donors (Lipinski definition) is 3. The predicted octanol–water partition coefficient (Wildman–Crippen LogP) is 1.43. The van der Waals surface area contributed by atoms with Crippen molar-refractivity contribution in [3.8, 4) is 0 Å². The molecule has 20 heavy (non-hydrogen) atoms. The number of likely N-dealkylation sites (tertiary alicyclic amines) is 1. The van der Waals surface area contributed by atoms with Crippen LogP contribution in [0.2, 0.25) is 0 Å². The predicted molar refractivity (Wildman–Crippen MR) is 75.5 cm³/mol. The van der Waals surface area contributed by atoms with E-state index in [9.17, 15) is 9.59 Å². The fraction of sp³-hybridized carbons (Fsp3) is 0.857. The van der Waals surface area contributed by atoms with Crippen molar-refractivity contribution < 1.29 is 19.8 Å². The number of nitrogens with one attached hydrogen (secondary N) is 1. The molecule has 0 bridgehead atoms. The summed E-state index contributed by atoms with van der Waals surface area (Å²) < 4.78 is 0. The number of carboxylic acid groups (broad SMARTS) is 1. The minimum absolute atomic E-state index is 0.0351. The molecule has 0 radical (unpaired) electrons. The Labute approximate surface area is 120 Å². The largest absolute Gasteiger partial charge is 0.480 e. The van der Waals surface area contributed by atoms with Crippen molar-refractivity contribution in [3.63, 3.8) is 0 Å². The second-order valence-electron chi connectivity index (χ2n) is 5.43. The van der Waals surface area contributed by atoms with Crippen molar-refractivity contribution in [1.82, 2.24) is 10.2 Å².